The zero-order valence-electron chi connectivity index (χ0n) is 13.6. The Kier molecular flexibility index (Phi) is 4.20. The second kappa shape index (κ2) is 6.29. The highest BCUT2D eigenvalue weighted by Gasteiger charge is 2.24. The van der Waals surface area contributed by atoms with Gasteiger partial charge in [0.2, 0.25) is 0 Å². The van der Waals surface area contributed by atoms with E-state index in [9.17, 15) is 5.26 Å². The topological polar surface area (TPSA) is 71.9 Å². The van der Waals surface area contributed by atoms with Crippen LogP contribution in [0, 0.1) is 17.2 Å². The van der Waals surface area contributed by atoms with Crippen molar-refractivity contribution in [2.75, 3.05) is 12.3 Å². The van der Waals surface area contributed by atoms with E-state index < -0.39 is 0 Å². The summed E-state index contributed by atoms with van der Waals surface area (Å²) < 4.78 is 5.50. The predicted molar refractivity (Wildman–Crippen MR) is 91.2 cm³/mol. The summed E-state index contributed by atoms with van der Waals surface area (Å²) >= 11 is 0. The summed E-state index contributed by atoms with van der Waals surface area (Å²) in [5, 5.41) is 9.57. The maximum Gasteiger partial charge on any atom is 0.142 e. The molecule has 2 N–H and O–H groups in total. The van der Waals surface area contributed by atoms with Crippen molar-refractivity contribution < 1.29 is 4.74 Å². The third kappa shape index (κ3) is 2.87. The zero-order chi connectivity index (χ0) is 16.4. The first kappa shape index (κ1) is 15.4. The van der Waals surface area contributed by atoms with Crippen molar-refractivity contribution in [2.45, 2.75) is 33.1 Å². The quantitative estimate of drug-likeness (QED) is 0.938. The Morgan fingerprint density at radius 3 is 2.74 bits per heavy atom. The molecule has 1 atom stereocenters. The van der Waals surface area contributed by atoms with Gasteiger partial charge in [-0.15, -0.1) is 0 Å². The van der Waals surface area contributed by atoms with Crippen molar-refractivity contribution in [3.05, 3.63) is 41.1 Å². The number of pyridine rings is 1. The number of hydrogen-bond donors (Lipinski definition) is 1. The third-order valence-corrected chi connectivity index (χ3v) is 4.40. The average Bonchev–Trinajstić information content (AvgIpc) is 2.55. The molecule has 1 aromatic heterocycles. The number of aryl methyl sites for hydroxylation is 1. The molecule has 0 saturated carbocycles. The van der Waals surface area contributed by atoms with Crippen LogP contribution in [0.25, 0.3) is 11.1 Å². The molecule has 0 saturated heterocycles. The van der Waals surface area contributed by atoms with Gasteiger partial charge < -0.3 is 10.5 Å². The molecule has 1 aromatic carbocycles. The molecule has 0 fully saturated rings. The second-order valence-corrected chi connectivity index (χ2v) is 6.09. The molecule has 1 heterocycles. The van der Waals surface area contributed by atoms with Crippen LogP contribution in [0.2, 0.25) is 0 Å². The number of nitrogens with zero attached hydrogens (tertiary/aromatic N) is 2. The van der Waals surface area contributed by atoms with E-state index in [2.05, 4.69) is 18.0 Å². The fourth-order valence-corrected chi connectivity index (χ4v) is 3.27. The Morgan fingerprint density at radius 1 is 1.35 bits per heavy atom. The molecule has 3 rings (SSSR count). The largest absolute Gasteiger partial charge is 0.494 e. The van der Waals surface area contributed by atoms with Gasteiger partial charge in [-0.05, 0) is 55.4 Å². The van der Waals surface area contributed by atoms with E-state index in [4.69, 9.17) is 10.5 Å². The molecule has 4 heteroatoms. The van der Waals surface area contributed by atoms with Crippen molar-refractivity contribution in [3.8, 4) is 22.9 Å². The molecule has 0 amide bonds. The molecule has 4 nitrogen and oxygen atoms in total. The Bertz CT molecular complexity index is 760. The smallest absolute Gasteiger partial charge is 0.142 e. The van der Waals surface area contributed by atoms with Gasteiger partial charge in [0.05, 0.1) is 6.61 Å². The first-order valence-corrected chi connectivity index (χ1v) is 8.08. The SMILES string of the molecule is CCOc1ccc(-c2c(C#N)c(N)nc3c2CC(C)CC3)cc1. The highest BCUT2D eigenvalue weighted by Crippen LogP contribution is 2.37. The standard InChI is InChI=1S/C19H21N3O/c1-3-23-14-7-5-13(6-8-14)18-15-10-12(2)4-9-17(15)22-19(21)16(18)11-20/h5-8,12H,3-4,9-10H2,1-2H3,(H2,21,22). The Morgan fingerprint density at radius 2 is 2.09 bits per heavy atom. The van der Waals surface area contributed by atoms with E-state index in [1.165, 1.54) is 5.56 Å². The van der Waals surface area contributed by atoms with E-state index >= 15 is 0 Å². The molecule has 0 bridgehead atoms. The van der Waals surface area contributed by atoms with Gasteiger partial charge in [0.1, 0.15) is 23.2 Å². The van der Waals surface area contributed by atoms with Gasteiger partial charge in [0.25, 0.3) is 0 Å². The van der Waals surface area contributed by atoms with E-state index in [0.29, 0.717) is 23.9 Å². The van der Waals surface area contributed by atoms with Crippen LogP contribution in [-0.2, 0) is 12.8 Å². The van der Waals surface area contributed by atoms with Crippen LogP contribution in [0.4, 0.5) is 5.82 Å². The number of rotatable bonds is 3. The predicted octanol–water partition coefficient (Wildman–Crippen LogP) is 3.73. The molecule has 2 aromatic rings. The molecule has 0 spiro atoms. The molecule has 118 valence electrons. The number of nitrogens with two attached hydrogens (primary N) is 1. The zero-order valence-corrected chi connectivity index (χ0v) is 13.6. The van der Waals surface area contributed by atoms with Crippen LogP contribution in [0.3, 0.4) is 0 Å². The summed E-state index contributed by atoms with van der Waals surface area (Å²) in [6, 6.07) is 10.1. The van der Waals surface area contributed by atoms with E-state index in [0.717, 1.165) is 41.8 Å². The Hall–Kier alpha value is -2.54. The maximum atomic E-state index is 9.57. The Labute approximate surface area is 136 Å². The van der Waals surface area contributed by atoms with Crippen LogP contribution in [-0.4, -0.2) is 11.6 Å². The summed E-state index contributed by atoms with van der Waals surface area (Å²) in [7, 11) is 0. The van der Waals surface area contributed by atoms with Crippen molar-refractivity contribution in [1.29, 1.82) is 5.26 Å². The van der Waals surface area contributed by atoms with E-state index in [-0.39, 0.29) is 0 Å². The molecule has 0 radical (unpaired) electrons. The van der Waals surface area contributed by atoms with Gasteiger partial charge in [-0.25, -0.2) is 4.98 Å². The minimum atomic E-state index is 0.338. The molecule has 0 aliphatic heterocycles. The Balaban J connectivity index is 2.16. The van der Waals surface area contributed by atoms with Gasteiger partial charge in [0.15, 0.2) is 0 Å². The van der Waals surface area contributed by atoms with E-state index in [1.54, 1.807) is 0 Å². The van der Waals surface area contributed by atoms with Crippen molar-refractivity contribution in [2.24, 2.45) is 5.92 Å². The van der Waals surface area contributed by atoms with Gasteiger partial charge in [-0.2, -0.15) is 5.26 Å². The van der Waals surface area contributed by atoms with Crippen LogP contribution in [0.5, 0.6) is 5.75 Å². The van der Waals surface area contributed by atoms with Crippen LogP contribution in [0.1, 0.15) is 37.1 Å². The van der Waals surface area contributed by atoms with Gasteiger partial charge in [-0.1, -0.05) is 19.1 Å². The number of nitriles is 1. The number of anilines is 1. The lowest BCUT2D eigenvalue weighted by molar-refractivity contribution is 0.340. The summed E-state index contributed by atoms with van der Waals surface area (Å²) in [4.78, 5) is 4.48. The van der Waals surface area contributed by atoms with Crippen LogP contribution < -0.4 is 10.5 Å². The number of hydrogen-bond acceptors (Lipinski definition) is 4. The molecule has 1 unspecified atom stereocenters. The molecule has 1 aliphatic rings. The normalized spacial score (nSPS) is 16.5. The monoisotopic (exact) mass is 307 g/mol. The first-order valence-electron chi connectivity index (χ1n) is 8.08. The summed E-state index contributed by atoms with van der Waals surface area (Å²) in [6.07, 6.45) is 2.99. The van der Waals surface area contributed by atoms with Gasteiger partial charge in [0, 0.05) is 11.3 Å². The average molecular weight is 307 g/mol. The second-order valence-electron chi connectivity index (χ2n) is 6.09. The lowest BCUT2D eigenvalue weighted by atomic mass is 9.82. The fraction of sp³-hybridized carbons (Fsp3) is 0.368. The summed E-state index contributed by atoms with van der Waals surface area (Å²) in [5.74, 6) is 1.77. The first-order chi connectivity index (χ1) is 11.1. The molecule has 1 aliphatic carbocycles. The van der Waals surface area contributed by atoms with Crippen molar-refractivity contribution in [3.63, 3.8) is 0 Å². The number of aromatic nitrogens is 1. The number of nitrogen functional groups attached to an aromatic ring is 1. The van der Waals surface area contributed by atoms with Crippen LogP contribution in [0.15, 0.2) is 24.3 Å². The summed E-state index contributed by atoms with van der Waals surface area (Å²) in [5.41, 5.74) is 10.7. The number of fused-ring (bicyclic) bond motifs is 1. The fourth-order valence-electron chi connectivity index (χ4n) is 3.27. The number of benzene rings is 1. The van der Waals surface area contributed by atoms with Crippen LogP contribution >= 0.6 is 0 Å². The maximum absolute atomic E-state index is 9.57. The minimum absolute atomic E-state index is 0.338. The lowest BCUT2D eigenvalue weighted by Gasteiger charge is -2.25. The van der Waals surface area contributed by atoms with Gasteiger partial charge >= 0.3 is 0 Å². The van der Waals surface area contributed by atoms with Crippen molar-refractivity contribution in [1.82, 2.24) is 4.98 Å². The molecular formula is C19H21N3O. The highest BCUT2D eigenvalue weighted by molar-refractivity contribution is 5.79. The number of ether oxygens (including phenoxy) is 1. The third-order valence-electron chi connectivity index (χ3n) is 4.40. The molecular weight excluding hydrogens is 286 g/mol. The highest BCUT2D eigenvalue weighted by atomic mass is 16.5. The lowest BCUT2D eigenvalue weighted by Crippen LogP contribution is -2.16. The summed E-state index contributed by atoms with van der Waals surface area (Å²) in [6.45, 7) is 4.84. The van der Waals surface area contributed by atoms with Crippen molar-refractivity contribution >= 4 is 5.82 Å². The molecule has 23 heavy (non-hydrogen) atoms. The van der Waals surface area contributed by atoms with E-state index in [1.807, 2.05) is 31.2 Å². The van der Waals surface area contributed by atoms with Gasteiger partial charge in [-0.3, -0.25) is 0 Å². The minimum Gasteiger partial charge on any atom is -0.494 e.